The van der Waals surface area contributed by atoms with Crippen molar-refractivity contribution in [2.45, 2.75) is 4.21 Å². The van der Waals surface area contributed by atoms with E-state index in [1.165, 1.54) is 30.3 Å². The van der Waals surface area contributed by atoms with E-state index in [9.17, 15) is 23.3 Å². The van der Waals surface area contributed by atoms with Crippen LogP contribution in [-0.4, -0.2) is 32.3 Å². The van der Waals surface area contributed by atoms with Gasteiger partial charge in [0.1, 0.15) is 4.21 Å². The highest BCUT2D eigenvalue weighted by Crippen LogP contribution is 2.37. The second-order valence-electron chi connectivity index (χ2n) is 6.30. The molecule has 1 amide bonds. The molecule has 13 heteroatoms. The molecule has 2 heterocycles. The molecule has 0 atom stereocenters. The molecular formula is C19H14N4O7S2. The van der Waals surface area contributed by atoms with Crippen LogP contribution in [0.2, 0.25) is 0 Å². The maximum atomic E-state index is 12.6. The third kappa shape index (κ3) is 4.38. The molecule has 0 radical (unpaired) electrons. The molecule has 4 rings (SSSR count). The lowest BCUT2D eigenvalue weighted by Crippen LogP contribution is -2.21. The number of hydrazone groups is 1. The lowest BCUT2D eigenvalue weighted by molar-refractivity contribution is -0.385. The molecule has 0 fully saturated rings. The highest BCUT2D eigenvalue weighted by atomic mass is 32.2. The Balaban J connectivity index is 1.54. The molecule has 0 unspecified atom stereocenters. The molecule has 1 aromatic heterocycles. The normalized spacial score (nSPS) is 12.6. The van der Waals surface area contributed by atoms with Gasteiger partial charge in [-0.25, -0.2) is 13.8 Å². The number of nitro benzene ring substituents is 1. The highest BCUT2D eigenvalue weighted by molar-refractivity contribution is 7.94. The summed E-state index contributed by atoms with van der Waals surface area (Å²) in [6.45, 7) is -0.0536. The van der Waals surface area contributed by atoms with Crippen LogP contribution in [0.4, 0.5) is 11.4 Å². The van der Waals surface area contributed by atoms with Gasteiger partial charge in [-0.1, -0.05) is 18.2 Å². The average molecular weight is 474 g/mol. The first-order chi connectivity index (χ1) is 15.3. The zero-order valence-corrected chi connectivity index (χ0v) is 17.7. The minimum absolute atomic E-state index is 0.0185. The molecule has 164 valence electrons. The molecule has 3 aromatic rings. The van der Waals surface area contributed by atoms with Crippen LogP contribution >= 0.6 is 11.3 Å². The number of para-hydroxylation sites is 1. The van der Waals surface area contributed by atoms with Gasteiger partial charge in [-0.3, -0.25) is 19.6 Å². The van der Waals surface area contributed by atoms with E-state index >= 15 is 0 Å². The Morgan fingerprint density at radius 2 is 1.91 bits per heavy atom. The standard InChI is InChI=1S/C19H14N4O7S2/c24-19(13-4-1-2-5-14(13)22-32(27,28)18-6-3-7-31-18)21-20-10-12-8-16-17(30-11-29-16)9-15(12)23(25)26/h1-10,22H,11H2,(H,21,24)/b20-10+. The molecule has 0 bridgehead atoms. The van der Waals surface area contributed by atoms with E-state index in [-0.39, 0.29) is 39.3 Å². The van der Waals surface area contributed by atoms with Crippen LogP contribution in [0.1, 0.15) is 15.9 Å². The largest absolute Gasteiger partial charge is 0.454 e. The van der Waals surface area contributed by atoms with Crippen LogP contribution in [0.3, 0.4) is 0 Å². The van der Waals surface area contributed by atoms with E-state index in [0.717, 1.165) is 17.6 Å². The van der Waals surface area contributed by atoms with Crippen molar-refractivity contribution >= 4 is 44.9 Å². The van der Waals surface area contributed by atoms with E-state index in [1.54, 1.807) is 23.6 Å². The number of benzene rings is 2. The SMILES string of the molecule is O=C(N/N=C/c1cc2c(cc1[N+](=O)[O-])OCO2)c1ccccc1NS(=O)(=O)c1cccs1. The first-order valence-corrected chi connectivity index (χ1v) is 11.3. The summed E-state index contributed by atoms with van der Waals surface area (Å²) < 4.78 is 37.8. The van der Waals surface area contributed by atoms with Crippen molar-refractivity contribution in [3.05, 3.63) is 75.2 Å². The number of amides is 1. The number of nitro groups is 1. The molecule has 1 aliphatic heterocycles. The number of sulfonamides is 1. The smallest absolute Gasteiger partial charge is 0.282 e. The number of nitrogens with zero attached hydrogens (tertiary/aromatic N) is 2. The lowest BCUT2D eigenvalue weighted by Gasteiger charge is -2.10. The summed E-state index contributed by atoms with van der Waals surface area (Å²) in [7, 11) is -3.86. The van der Waals surface area contributed by atoms with Crippen molar-refractivity contribution < 1.29 is 27.6 Å². The van der Waals surface area contributed by atoms with Crippen molar-refractivity contribution in [2.75, 3.05) is 11.5 Å². The quantitative estimate of drug-likeness (QED) is 0.304. The first kappa shape index (κ1) is 21.3. The maximum absolute atomic E-state index is 12.6. The van der Waals surface area contributed by atoms with E-state index in [1.807, 2.05) is 0 Å². The van der Waals surface area contributed by atoms with Crippen LogP contribution in [0.5, 0.6) is 11.5 Å². The number of thiophene rings is 1. The van der Waals surface area contributed by atoms with Crippen LogP contribution in [0.15, 0.2) is 63.2 Å². The summed E-state index contributed by atoms with van der Waals surface area (Å²) in [5, 5.41) is 16.7. The second kappa shape index (κ2) is 8.64. The van der Waals surface area contributed by atoms with E-state index in [2.05, 4.69) is 15.2 Å². The fourth-order valence-electron chi connectivity index (χ4n) is 2.81. The second-order valence-corrected chi connectivity index (χ2v) is 9.16. The number of rotatable bonds is 7. The molecule has 0 spiro atoms. The molecule has 2 N–H and O–H groups in total. The number of carbonyl (C=O) groups is 1. The van der Waals surface area contributed by atoms with E-state index < -0.39 is 20.9 Å². The Bertz CT molecular complexity index is 1320. The molecule has 11 nitrogen and oxygen atoms in total. The number of fused-ring (bicyclic) bond motifs is 1. The van der Waals surface area contributed by atoms with Gasteiger partial charge < -0.3 is 9.47 Å². The molecule has 1 aliphatic rings. The van der Waals surface area contributed by atoms with Crippen molar-refractivity contribution in [1.82, 2.24) is 5.43 Å². The predicted octanol–water partition coefficient (Wildman–Crippen LogP) is 2.95. The molecule has 32 heavy (non-hydrogen) atoms. The van der Waals surface area contributed by atoms with Crippen LogP contribution in [0.25, 0.3) is 0 Å². The van der Waals surface area contributed by atoms with Gasteiger partial charge in [-0.05, 0) is 29.6 Å². The Labute approximate surface area is 185 Å². The average Bonchev–Trinajstić information content (AvgIpc) is 3.45. The van der Waals surface area contributed by atoms with Crippen LogP contribution < -0.4 is 19.6 Å². The van der Waals surface area contributed by atoms with Crippen molar-refractivity contribution in [3.8, 4) is 11.5 Å². The molecule has 2 aromatic carbocycles. The van der Waals surface area contributed by atoms with E-state index in [4.69, 9.17) is 9.47 Å². The van der Waals surface area contributed by atoms with Crippen LogP contribution in [0, 0.1) is 10.1 Å². The predicted molar refractivity (Wildman–Crippen MR) is 116 cm³/mol. The van der Waals surface area contributed by atoms with Crippen molar-refractivity contribution in [2.24, 2.45) is 5.10 Å². The Morgan fingerprint density at radius 3 is 2.62 bits per heavy atom. The number of hydrogen-bond acceptors (Lipinski definition) is 9. The number of nitrogens with one attached hydrogen (secondary N) is 2. The molecule has 0 aliphatic carbocycles. The Hall–Kier alpha value is -3.97. The van der Waals surface area contributed by atoms with Gasteiger partial charge in [0.2, 0.25) is 6.79 Å². The third-order valence-corrected chi connectivity index (χ3v) is 7.03. The number of hydrogen-bond donors (Lipinski definition) is 2. The van der Waals surface area contributed by atoms with Gasteiger partial charge in [0.15, 0.2) is 11.5 Å². The molecule has 0 saturated heterocycles. The number of carbonyl (C=O) groups excluding carboxylic acids is 1. The summed E-state index contributed by atoms with van der Waals surface area (Å²) in [6.07, 6.45) is 1.09. The summed E-state index contributed by atoms with van der Waals surface area (Å²) in [6, 6.07) is 11.6. The number of anilines is 1. The maximum Gasteiger partial charge on any atom is 0.282 e. The summed E-state index contributed by atoms with van der Waals surface area (Å²) >= 11 is 1.04. The van der Waals surface area contributed by atoms with Gasteiger partial charge in [0.05, 0.1) is 34.0 Å². The molecular weight excluding hydrogens is 460 g/mol. The fourth-order valence-corrected chi connectivity index (χ4v) is 4.88. The van der Waals surface area contributed by atoms with Gasteiger partial charge in [0, 0.05) is 0 Å². The first-order valence-electron chi connectivity index (χ1n) is 8.92. The van der Waals surface area contributed by atoms with Gasteiger partial charge in [-0.15, -0.1) is 11.3 Å². The van der Waals surface area contributed by atoms with E-state index in [0.29, 0.717) is 5.75 Å². The summed E-state index contributed by atoms with van der Waals surface area (Å²) in [4.78, 5) is 23.3. The third-order valence-electron chi connectivity index (χ3n) is 4.26. The zero-order chi connectivity index (χ0) is 22.7. The van der Waals surface area contributed by atoms with Gasteiger partial charge in [0.25, 0.3) is 21.6 Å². The Morgan fingerprint density at radius 1 is 1.16 bits per heavy atom. The minimum Gasteiger partial charge on any atom is -0.454 e. The number of ether oxygens (including phenoxy) is 2. The monoisotopic (exact) mass is 474 g/mol. The topological polar surface area (TPSA) is 149 Å². The van der Waals surface area contributed by atoms with Crippen molar-refractivity contribution in [1.29, 1.82) is 0 Å². The minimum atomic E-state index is -3.86. The highest BCUT2D eigenvalue weighted by Gasteiger charge is 2.23. The Kier molecular flexibility index (Phi) is 5.75. The van der Waals surface area contributed by atoms with Gasteiger partial charge in [-0.2, -0.15) is 5.10 Å². The van der Waals surface area contributed by atoms with Crippen molar-refractivity contribution in [3.63, 3.8) is 0 Å². The summed E-state index contributed by atoms with van der Waals surface area (Å²) in [5.41, 5.74) is 2.13. The van der Waals surface area contributed by atoms with Crippen LogP contribution in [-0.2, 0) is 10.0 Å². The fraction of sp³-hybridized carbons (Fsp3) is 0.0526. The van der Waals surface area contributed by atoms with Gasteiger partial charge >= 0.3 is 0 Å². The summed E-state index contributed by atoms with van der Waals surface area (Å²) in [5.74, 6) is -0.157. The lowest BCUT2D eigenvalue weighted by atomic mass is 10.1. The zero-order valence-electron chi connectivity index (χ0n) is 16.0. The molecule has 0 saturated carbocycles.